The third-order valence-corrected chi connectivity index (χ3v) is 3.36. The van der Waals surface area contributed by atoms with Crippen molar-refractivity contribution in [3.8, 4) is 5.75 Å². The van der Waals surface area contributed by atoms with Gasteiger partial charge in [-0.25, -0.2) is 0 Å². The van der Waals surface area contributed by atoms with Crippen LogP contribution in [0.2, 0.25) is 0 Å². The molecule has 0 heterocycles. The van der Waals surface area contributed by atoms with Crippen molar-refractivity contribution < 1.29 is 9.53 Å². The smallest absolute Gasteiger partial charge is 0.234 e. The Kier molecular flexibility index (Phi) is 5.42. The maximum absolute atomic E-state index is 10.9. The summed E-state index contributed by atoms with van der Waals surface area (Å²) < 4.78 is 7.10. The lowest BCUT2D eigenvalue weighted by Crippen LogP contribution is -2.38. The van der Waals surface area contributed by atoms with E-state index in [2.05, 4.69) is 37.2 Å². The van der Waals surface area contributed by atoms with Crippen LogP contribution in [0.3, 0.4) is 0 Å². The normalized spacial score (nSPS) is 12.2. The van der Waals surface area contributed by atoms with Crippen LogP contribution in [0.25, 0.3) is 0 Å². The quantitative estimate of drug-likeness (QED) is 0.840. The van der Waals surface area contributed by atoms with E-state index in [1.807, 2.05) is 12.1 Å². The Morgan fingerprint density at radius 2 is 2.18 bits per heavy atom. The molecule has 1 aromatic carbocycles. The van der Waals surface area contributed by atoms with Crippen molar-refractivity contribution in [2.45, 2.75) is 19.5 Å². The summed E-state index contributed by atoms with van der Waals surface area (Å²) in [7, 11) is 1.61. The van der Waals surface area contributed by atoms with Crippen LogP contribution >= 0.6 is 31.9 Å². The summed E-state index contributed by atoms with van der Waals surface area (Å²) in [6.45, 7) is 2.23. The summed E-state index contributed by atoms with van der Waals surface area (Å²) in [5, 5.41) is 3.03. The number of carbonyl (C=O) groups is 1. The number of carbonyl (C=O) groups excluding carboxylic acids is 1. The van der Waals surface area contributed by atoms with Crippen LogP contribution in [-0.2, 0) is 11.3 Å². The van der Waals surface area contributed by atoms with Gasteiger partial charge >= 0.3 is 0 Å². The fourth-order valence-corrected chi connectivity index (χ4v) is 2.81. The van der Waals surface area contributed by atoms with Crippen LogP contribution in [0.15, 0.2) is 21.1 Å². The van der Waals surface area contributed by atoms with Gasteiger partial charge in [0.25, 0.3) is 0 Å². The molecule has 1 amide bonds. The van der Waals surface area contributed by atoms with E-state index < -0.39 is 0 Å². The van der Waals surface area contributed by atoms with Gasteiger partial charge in [0.1, 0.15) is 5.75 Å². The number of amides is 1. The molecule has 4 nitrogen and oxygen atoms in total. The average Bonchev–Trinajstić information content (AvgIpc) is 2.24. The molecule has 0 aliphatic heterocycles. The maximum Gasteiger partial charge on any atom is 0.234 e. The molecule has 0 aliphatic rings. The van der Waals surface area contributed by atoms with Crippen LogP contribution in [0.4, 0.5) is 0 Å². The maximum atomic E-state index is 10.9. The summed E-state index contributed by atoms with van der Waals surface area (Å²) in [6, 6.07) is 3.46. The lowest BCUT2D eigenvalue weighted by atomic mass is 10.2. The number of rotatable bonds is 5. The van der Waals surface area contributed by atoms with Crippen LogP contribution in [0.5, 0.6) is 5.75 Å². The standard InChI is InChI=1S/C11H14Br2N2O2/c1-6(11(14)16)15-5-7-3-8(12)4-9(13)10(7)17-2/h3-4,6,15H,5H2,1-2H3,(H2,14,16). The molecule has 0 saturated heterocycles. The summed E-state index contributed by atoms with van der Waals surface area (Å²) in [5.41, 5.74) is 6.13. The molecule has 3 N–H and O–H groups in total. The Morgan fingerprint density at radius 1 is 1.53 bits per heavy atom. The van der Waals surface area contributed by atoms with E-state index in [0.29, 0.717) is 6.54 Å². The first-order valence-electron chi connectivity index (χ1n) is 5.00. The van der Waals surface area contributed by atoms with E-state index in [1.165, 1.54) is 0 Å². The largest absolute Gasteiger partial charge is 0.495 e. The second-order valence-corrected chi connectivity index (χ2v) is 5.35. The molecular formula is C11H14Br2N2O2. The molecule has 0 fully saturated rings. The van der Waals surface area contributed by atoms with Crippen LogP contribution in [-0.4, -0.2) is 19.1 Å². The molecule has 0 radical (unpaired) electrons. The first-order valence-corrected chi connectivity index (χ1v) is 6.59. The lowest BCUT2D eigenvalue weighted by molar-refractivity contribution is -0.119. The minimum absolute atomic E-state index is 0.377. The third kappa shape index (κ3) is 3.97. The zero-order valence-corrected chi connectivity index (χ0v) is 12.8. The van der Waals surface area contributed by atoms with Crippen molar-refractivity contribution in [3.05, 3.63) is 26.6 Å². The average molecular weight is 366 g/mol. The number of primary amides is 1. The molecule has 0 aliphatic carbocycles. The third-order valence-electron chi connectivity index (χ3n) is 2.31. The van der Waals surface area contributed by atoms with Crippen LogP contribution < -0.4 is 15.8 Å². The SMILES string of the molecule is COc1c(Br)cc(Br)cc1CNC(C)C(N)=O. The van der Waals surface area contributed by atoms with Crippen molar-refractivity contribution in [1.82, 2.24) is 5.32 Å². The molecule has 17 heavy (non-hydrogen) atoms. The van der Waals surface area contributed by atoms with Crippen molar-refractivity contribution in [1.29, 1.82) is 0 Å². The van der Waals surface area contributed by atoms with Crippen LogP contribution in [0.1, 0.15) is 12.5 Å². The zero-order chi connectivity index (χ0) is 13.0. The summed E-state index contributed by atoms with van der Waals surface area (Å²) in [6.07, 6.45) is 0. The van der Waals surface area contributed by atoms with Gasteiger partial charge in [0.2, 0.25) is 5.91 Å². The van der Waals surface area contributed by atoms with E-state index in [1.54, 1.807) is 14.0 Å². The molecule has 1 rings (SSSR count). The zero-order valence-electron chi connectivity index (χ0n) is 9.59. The summed E-state index contributed by atoms with van der Waals surface area (Å²) >= 11 is 6.83. The molecule has 6 heteroatoms. The predicted molar refractivity (Wildman–Crippen MR) is 73.9 cm³/mol. The van der Waals surface area contributed by atoms with Crippen molar-refractivity contribution in [2.24, 2.45) is 5.73 Å². The minimum Gasteiger partial charge on any atom is -0.495 e. The Balaban J connectivity index is 2.86. The monoisotopic (exact) mass is 364 g/mol. The van der Waals surface area contributed by atoms with E-state index in [9.17, 15) is 4.79 Å². The van der Waals surface area contributed by atoms with E-state index >= 15 is 0 Å². The molecule has 0 spiro atoms. The first-order chi connectivity index (χ1) is 7.95. The molecule has 1 aromatic rings. The number of hydrogen-bond acceptors (Lipinski definition) is 3. The number of ether oxygens (including phenoxy) is 1. The highest BCUT2D eigenvalue weighted by Crippen LogP contribution is 2.32. The fraction of sp³-hybridized carbons (Fsp3) is 0.364. The van der Waals surface area contributed by atoms with E-state index in [-0.39, 0.29) is 11.9 Å². The minimum atomic E-state index is -0.377. The number of benzene rings is 1. The molecule has 94 valence electrons. The van der Waals surface area contributed by atoms with Crippen molar-refractivity contribution in [3.63, 3.8) is 0 Å². The van der Waals surface area contributed by atoms with Crippen molar-refractivity contribution >= 4 is 37.8 Å². The van der Waals surface area contributed by atoms with E-state index in [0.717, 1.165) is 20.3 Å². The Morgan fingerprint density at radius 3 is 2.71 bits per heavy atom. The number of methoxy groups -OCH3 is 1. The molecule has 1 unspecified atom stereocenters. The summed E-state index contributed by atoms with van der Waals surface area (Å²) in [4.78, 5) is 10.9. The van der Waals surface area contributed by atoms with Gasteiger partial charge < -0.3 is 15.8 Å². The van der Waals surface area contributed by atoms with Crippen molar-refractivity contribution in [2.75, 3.05) is 7.11 Å². The highest BCUT2D eigenvalue weighted by molar-refractivity contribution is 9.11. The first kappa shape index (κ1) is 14.5. The van der Waals surface area contributed by atoms with Gasteiger partial charge in [0, 0.05) is 16.6 Å². The van der Waals surface area contributed by atoms with Gasteiger partial charge in [-0.05, 0) is 35.0 Å². The topological polar surface area (TPSA) is 64.3 Å². The van der Waals surface area contributed by atoms with Crippen LogP contribution in [0, 0.1) is 0 Å². The molecular weight excluding hydrogens is 352 g/mol. The molecule has 1 atom stereocenters. The summed E-state index contributed by atoms with van der Waals surface area (Å²) in [5.74, 6) is 0.371. The Labute approximate surface area is 117 Å². The predicted octanol–water partition coefficient (Wildman–Crippen LogP) is 2.18. The highest BCUT2D eigenvalue weighted by Gasteiger charge is 2.12. The highest BCUT2D eigenvalue weighted by atomic mass is 79.9. The van der Waals surface area contributed by atoms with Gasteiger partial charge in [-0.3, -0.25) is 4.79 Å². The van der Waals surface area contributed by atoms with Gasteiger partial charge in [-0.1, -0.05) is 15.9 Å². The van der Waals surface area contributed by atoms with Gasteiger partial charge in [-0.15, -0.1) is 0 Å². The Hall–Kier alpha value is -0.590. The number of hydrogen-bond donors (Lipinski definition) is 2. The van der Waals surface area contributed by atoms with E-state index in [4.69, 9.17) is 10.5 Å². The fourth-order valence-electron chi connectivity index (χ4n) is 1.34. The lowest BCUT2D eigenvalue weighted by Gasteiger charge is -2.14. The van der Waals surface area contributed by atoms with Gasteiger partial charge in [0.15, 0.2) is 0 Å². The number of nitrogens with one attached hydrogen (secondary N) is 1. The number of nitrogens with two attached hydrogens (primary N) is 1. The Bertz CT molecular complexity index is 424. The van der Waals surface area contributed by atoms with Gasteiger partial charge in [0.05, 0.1) is 17.6 Å². The second kappa shape index (κ2) is 6.37. The number of halogens is 2. The molecule has 0 aromatic heterocycles. The van der Waals surface area contributed by atoms with Gasteiger partial charge in [-0.2, -0.15) is 0 Å². The second-order valence-electron chi connectivity index (χ2n) is 3.58. The molecule has 0 bridgehead atoms. The molecule has 0 saturated carbocycles.